The van der Waals surface area contributed by atoms with E-state index < -0.39 is 0 Å². The van der Waals surface area contributed by atoms with E-state index in [0.717, 1.165) is 17.6 Å². The molecule has 0 bridgehead atoms. The summed E-state index contributed by atoms with van der Waals surface area (Å²) in [4.78, 5) is 13.9. The molecule has 1 aromatic rings. The van der Waals surface area contributed by atoms with Gasteiger partial charge in [-0.05, 0) is 23.0 Å². The third-order valence-electron chi connectivity index (χ3n) is 2.40. The number of nitrogens with one attached hydrogen (secondary N) is 1. The Kier molecular flexibility index (Phi) is 2.79. The fraction of sp³-hybridized carbons (Fsp3) is 0.556. The van der Waals surface area contributed by atoms with Crippen LogP contribution in [0.25, 0.3) is 0 Å². The topological polar surface area (TPSA) is 50.2 Å². The zero-order valence-corrected chi connectivity index (χ0v) is 10.3. The van der Waals surface area contributed by atoms with E-state index in [0.29, 0.717) is 5.69 Å². The third kappa shape index (κ3) is 2.21. The fourth-order valence-electron chi connectivity index (χ4n) is 1.66. The summed E-state index contributed by atoms with van der Waals surface area (Å²) in [6.45, 7) is 1.83. The van der Waals surface area contributed by atoms with Crippen molar-refractivity contribution < 1.29 is 4.79 Å². The van der Waals surface area contributed by atoms with Crippen LogP contribution in [0.2, 0.25) is 0 Å². The molecule has 1 fully saturated rings. The van der Waals surface area contributed by atoms with Crippen molar-refractivity contribution in [2.75, 3.05) is 20.1 Å². The molecule has 0 aromatic carbocycles. The number of aromatic nitrogens is 2. The molecule has 6 heteroatoms. The lowest BCUT2D eigenvalue weighted by atomic mass is 10.1. The van der Waals surface area contributed by atoms with Gasteiger partial charge in [0.15, 0.2) is 5.69 Å². The quantitative estimate of drug-likeness (QED) is 0.839. The summed E-state index contributed by atoms with van der Waals surface area (Å²) in [5.41, 5.74) is 0.451. The highest BCUT2D eigenvalue weighted by atomic mass is 79.9. The first-order chi connectivity index (χ1) is 7.06. The lowest BCUT2D eigenvalue weighted by molar-refractivity contribution is 0.0851. The molecule has 1 amide bonds. The summed E-state index contributed by atoms with van der Waals surface area (Å²) in [6, 6.07) is 0.261. The number of carbonyl (C=O) groups is 1. The van der Waals surface area contributed by atoms with E-state index in [1.807, 2.05) is 7.05 Å². The van der Waals surface area contributed by atoms with E-state index in [1.165, 1.54) is 0 Å². The standard InChI is InChI=1S/C9H13BrN4O/c1-13-3-6(4-13)11-9(15)8-7(10)5-14(2)12-8/h5-6H,3-4H2,1-2H3,(H,11,15). The Morgan fingerprint density at radius 3 is 2.73 bits per heavy atom. The first-order valence-electron chi connectivity index (χ1n) is 4.75. The minimum atomic E-state index is -0.111. The number of likely N-dealkylation sites (N-methyl/N-ethyl adjacent to an activating group) is 1. The lowest BCUT2D eigenvalue weighted by Crippen LogP contribution is -2.57. The molecule has 0 aliphatic carbocycles. The van der Waals surface area contributed by atoms with Crippen molar-refractivity contribution in [1.29, 1.82) is 0 Å². The van der Waals surface area contributed by atoms with Crippen molar-refractivity contribution >= 4 is 21.8 Å². The number of rotatable bonds is 2. The maximum Gasteiger partial charge on any atom is 0.273 e. The van der Waals surface area contributed by atoms with Crippen molar-refractivity contribution in [1.82, 2.24) is 20.0 Å². The highest BCUT2D eigenvalue weighted by Crippen LogP contribution is 2.14. The summed E-state index contributed by atoms with van der Waals surface area (Å²) in [5.74, 6) is -0.111. The van der Waals surface area contributed by atoms with Gasteiger partial charge >= 0.3 is 0 Å². The Morgan fingerprint density at radius 1 is 1.60 bits per heavy atom. The van der Waals surface area contributed by atoms with Crippen LogP contribution >= 0.6 is 15.9 Å². The van der Waals surface area contributed by atoms with E-state index in [4.69, 9.17) is 0 Å². The van der Waals surface area contributed by atoms with E-state index in [2.05, 4.69) is 31.2 Å². The van der Waals surface area contributed by atoms with Crippen molar-refractivity contribution in [3.63, 3.8) is 0 Å². The SMILES string of the molecule is CN1CC(NC(=O)c2nn(C)cc2Br)C1. The normalized spacial score (nSPS) is 17.5. The molecular weight excluding hydrogens is 260 g/mol. The molecule has 0 radical (unpaired) electrons. The van der Waals surface area contributed by atoms with E-state index in [1.54, 1.807) is 17.9 Å². The van der Waals surface area contributed by atoms with Crippen molar-refractivity contribution in [2.45, 2.75) is 6.04 Å². The molecule has 1 N–H and O–H groups in total. The van der Waals surface area contributed by atoms with Crippen LogP contribution in [0.5, 0.6) is 0 Å². The Balaban J connectivity index is 1.99. The summed E-state index contributed by atoms with van der Waals surface area (Å²) in [6.07, 6.45) is 1.77. The molecule has 0 spiro atoms. The molecule has 2 heterocycles. The van der Waals surface area contributed by atoms with Gasteiger partial charge in [0.1, 0.15) is 0 Å². The molecule has 2 rings (SSSR count). The number of likely N-dealkylation sites (tertiary alicyclic amines) is 1. The van der Waals surface area contributed by atoms with Gasteiger partial charge in [-0.1, -0.05) is 0 Å². The van der Waals surface area contributed by atoms with E-state index in [9.17, 15) is 4.79 Å². The van der Waals surface area contributed by atoms with Gasteiger partial charge in [0.2, 0.25) is 0 Å². The molecule has 5 nitrogen and oxygen atoms in total. The van der Waals surface area contributed by atoms with Crippen LogP contribution in [0.15, 0.2) is 10.7 Å². The lowest BCUT2D eigenvalue weighted by Gasteiger charge is -2.36. The second-order valence-electron chi connectivity index (χ2n) is 3.89. The molecular formula is C9H13BrN4O. The fourth-order valence-corrected chi connectivity index (χ4v) is 2.21. The minimum Gasteiger partial charge on any atom is -0.345 e. The minimum absolute atomic E-state index is 0.111. The van der Waals surface area contributed by atoms with Gasteiger partial charge < -0.3 is 10.2 Å². The van der Waals surface area contributed by atoms with Gasteiger partial charge in [0.25, 0.3) is 5.91 Å². The van der Waals surface area contributed by atoms with Gasteiger partial charge in [-0.15, -0.1) is 0 Å². The number of carbonyl (C=O) groups excluding carboxylic acids is 1. The average molecular weight is 273 g/mol. The molecule has 0 unspecified atom stereocenters. The smallest absolute Gasteiger partial charge is 0.273 e. The van der Waals surface area contributed by atoms with Gasteiger partial charge in [-0.2, -0.15) is 5.10 Å². The third-order valence-corrected chi connectivity index (χ3v) is 2.98. The van der Waals surface area contributed by atoms with Crippen LogP contribution in [-0.4, -0.2) is 46.8 Å². The van der Waals surface area contributed by atoms with Gasteiger partial charge in [0, 0.05) is 26.3 Å². The van der Waals surface area contributed by atoms with Crippen LogP contribution in [0.3, 0.4) is 0 Å². The van der Waals surface area contributed by atoms with Crippen LogP contribution < -0.4 is 5.32 Å². The first-order valence-corrected chi connectivity index (χ1v) is 5.54. The van der Waals surface area contributed by atoms with Crippen LogP contribution in [0.4, 0.5) is 0 Å². The number of nitrogens with zero attached hydrogens (tertiary/aromatic N) is 3. The Bertz CT molecular complexity index is 383. The second-order valence-corrected chi connectivity index (χ2v) is 4.75. The predicted octanol–water partition coefficient (Wildman–Crippen LogP) is 0.226. The number of hydrogen-bond donors (Lipinski definition) is 1. The van der Waals surface area contributed by atoms with E-state index in [-0.39, 0.29) is 11.9 Å². The van der Waals surface area contributed by atoms with Crippen molar-refractivity contribution in [2.24, 2.45) is 7.05 Å². The van der Waals surface area contributed by atoms with Crippen molar-refractivity contribution in [3.8, 4) is 0 Å². The number of aryl methyl sites for hydroxylation is 1. The number of hydrogen-bond acceptors (Lipinski definition) is 3. The Labute approximate surface area is 96.6 Å². The highest BCUT2D eigenvalue weighted by Gasteiger charge is 2.26. The summed E-state index contributed by atoms with van der Waals surface area (Å²) in [7, 11) is 3.82. The van der Waals surface area contributed by atoms with Gasteiger partial charge in [0.05, 0.1) is 10.5 Å². The molecule has 1 aliphatic heterocycles. The molecule has 1 aromatic heterocycles. The monoisotopic (exact) mass is 272 g/mol. The molecule has 0 saturated carbocycles. The number of halogens is 1. The Morgan fingerprint density at radius 2 is 2.27 bits per heavy atom. The first kappa shape index (κ1) is 10.6. The van der Waals surface area contributed by atoms with Crippen LogP contribution in [0, 0.1) is 0 Å². The Hall–Kier alpha value is -0.880. The average Bonchev–Trinajstić information content (AvgIpc) is 2.42. The summed E-state index contributed by atoms with van der Waals surface area (Å²) < 4.78 is 2.35. The molecule has 1 aliphatic rings. The maximum absolute atomic E-state index is 11.8. The highest BCUT2D eigenvalue weighted by molar-refractivity contribution is 9.10. The van der Waals surface area contributed by atoms with E-state index >= 15 is 0 Å². The zero-order valence-electron chi connectivity index (χ0n) is 8.70. The van der Waals surface area contributed by atoms with Gasteiger partial charge in [-0.3, -0.25) is 9.48 Å². The summed E-state index contributed by atoms with van der Waals surface area (Å²) >= 11 is 3.30. The van der Waals surface area contributed by atoms with Crippen LogP contribution in [-0.2, 0) is 7.05 Å². The molecule has 0 atom stereocenters. The largest absolute Gasteiger partial charge is 0.345 e. The molecule has 82 valence electrons. The summed E-state index contributed by atoms with van der Waals surface area (Å²) in [5, 5.41) is 7.02. The zero-order chi connectivity index (χ0) is 11.0. The second kappa shape index (κ2) is 3.94. The van der Waals surface area contributed by atoms with Gasteiger partial charge in [-0.25, -0.2) is 0 Å². The molecule has 15 heavy (non-hydrogen) atoms. The maximum atomic E-state index is 11.8. The van der Waals surface area contributed by atoms with Crippen molar-refractivity contribution in [3.05, 3.63) is 16.4 Å². The number of amides is 1. The predicted molar refractivity (Wildman–Crippen MR) is 59.7 cm³/mol. The molecule has 1 saturated heterocycles. The van der Waals surface area contributed by atoms with Crippen LogP contribution in [0.1, 0.15) is 10.5 Å².